The van der Waals surface area contributed by atoms with Crippen molar-refractivity contribution in [1.82, 2.24) is 0 Å². The first-order valence-corrected chi connectivity index (χ1v) is 2.64. The van der Waals surface area contributed by atoms with Crippen molar-refractivity contribution < 1.29 is 0 Å². The average molecular weight is 110 g/mol. The van der Waals surface area contributed by atoms with Crippen molar-refractivity contribution in [2.45, 2.75) is 13.3 Å². The van der Waals surface area contributed by atoms with Gasteiger partial charge in [0.05, 0.1) is 6.01 Å². The first kappa shape index (κ1) is 7.12. The molecule has 0 aliphatic carbocycles. The van der Waals surface area contributed by atoms with Crippen LogP contribution in [0.2, 0.25) is 0 Å². The smallest absolute Gasteiger partial charge is 0.0942 e. The number of hydrogen-bond donors (Lipinski definition) is 0. The summed E-state index contributed by atoms with van der Waals surface area (Å²) < 4.78 is 0. The Hall–Kier alpha value is -0.880. The quantitative estimate of drug-likeness (QED) is 0.494. The minimum atomic E-state index is 0.803. The first-order chi connectivity index (χ1) is 3.91. The molecule has 0 amide bonds. The normalized spacial score (nSPS) is 7.12. The van der Waals surface area contributed by atoms with E-state index in [4.69, 9.17) is 0 Å². The van der Waals surface area contributed by atoms with Crippen LogP contribution >= 0.6 is 0 Å². The Morgan fingerprint density at radius 3 is 3.00 bits per heavy atom. The zero-order valence-electron chi connectivity index (χ0n) is 5.09. The summed E-state index contributed by atoms with van der Waals surface area (Å²) >= 11 is 0. The fraction of sp³-hybridized carbons (Fsp3) is 0.500. The molecule has 0 aromatic carbocycles. The molecular weight excluding hydrogens is 100 g/mol. The minimum absolute atomic E-state index is 0.803. The molecule has 0 N–H and O–H groups in total. The van der Waals surface area contributed by atoms with Crippen molar-refractivity contribution in [3.05, 3.63) is 12.8 Å². The van der Waals surface area contributed by atoms with Gasteiger partial charge in [0.1, 0.15) is 0 Å². The predicted octanol–water partition coefficient (Wildman–Crippen LogP) is 1.71. The molecule has 0 unspecified atom stereocenters. The molecule has 0 radical (unpaired) electrons. The molecular formula is C6H10N2. The molecule has 0 aromatic rings. The summed E-state index contributed by atoms with van der Waals surface area (Å²) in [4.78, 5) is 7.35. The molecule has 0 aliphatic heterocycles. The molecule has 8 heavy (non-hydrogen) atoms. The Bertz CT molecular complexity index is 110. The Labute approximate surface area is 49.7 Å². The Balaban J connectivity index is 3.31. The standard InChI is InChI=1S/C6H10N2/c1-3-5-8-6-7-4-2/h4H,2-3,5H2,1H3. The Morgan fingerprint density at radius 1 is 1.75 bits per heavy atom. The maximum atomic E-state index is 3.79. The van der Waals surface area contributed by atoms with Gasteiger partial charge in [-0.15, -0.1) is 0 Å². The van der Waals surface area contributed by atoms with E-state index in [9.17, 15) is 0 Å². The largest absolute Gasteiger partial charge is 0.225 e. The van der Waals surface area contributed by atoms with Gasteiger partial charge in [-0.1, -0.05) is 13.5 Å². The number of rotatable bonds is 3. The van der Waals surface area contributed by atoms with Gasteiger partial charge in [0.2, 0.25) is 0 Å². The van der Waals surface area contributed by atoms with E-state index in [1.165, 1.54) is 6.20 Å². The highest BCUT2D eigenvalue weighted by molar-refractivity contribution is 5.42. The molecule has 2 nitrogen and oxygen atoms in total. The second kappa shape index (κ2) is 6.12. The van der Waals surface area contributed by atoms with Gasteiger partial charge in [0, 0.05) is 12.7 Å². The van der Waals surface area contributed by atoms with Crippen LogP contribution in [0.15, 0.2) is 22.8 Å². The number of aliphatic imine (C=N–C) groups is 2. The molecule has 0 bridgehead atoms. The van der Waals surface area contributed by atoms with Crippen LogP contribution in [0.1, 0.15) is 13.3 Å². The fourth-order valence-electron chi connectivity index (χ4n) is 0.243. The van der Waals surface area contributed by atoms with E-state index in [-0.39, 0.29) is 0 Å². The summed E-state index contributed by atoms with van der Waals surface area (Å²) in [6.45, 7) is 6.23. The molecule has 2 heteroatoms. The third-order valence-electron chi connectivity index (χ3n) is 0.555. The molecule has 0 saturated heterocycles. The van der Waals surface area contributed by atoms with Crippen LogP contribution in [0.4, 0.5) is 0 Å². The predicted molar refractivity (Wildman–Crippen MR) is 35.2 cm³/mol. The van der Waals surface area contributed by atoms with Crippen molar-refractivity contribution in [2.24, 2.45) is 9.98 Å². The van der Waals surface area contributed by atoms with Gasteiger partial charge in [0.15, 0.2) is 0 Å². The summed E-state index contributed by atoms with van der Waals surface area (Å²) in [5.41, 5.74) is 0. The van der Waals surface area contributed by atoms with Gasteiger partial charge in [-0.2, -0.15) is 4.99 Å². The van der Waals surface area contributed by atoms with Gasteiger partial charge in [-0.25, -0.2) is 4.99 Å². The fourth-order valence-corrected chi connectivity index (χ4v) is 0.243. The molecule has 44 valence electrons. The molecule has 0 atom stereocenters. The van der Waals surface area contributed by atoms with Crippen molar-refractivity contribution >= 4 is 6.01 Å². The van der Waals surface area contributed by atoms with E-state index in [1.54, 1.807) is 0 Å². The lowest BCUT2D eigenvalue weighted by Gasteiger charge is -1.74. The monoisotopic (exact) mass is 110 g/mol. The van der Waals surface area contributed by atoms with Gasteiger partial charge in [-0.05, 0) is 6.42 Å². The minimum Gasteiger partial charge on any atom is -0.225 e. The van der Waals surface area contributed by atoms with Crippen LogP contribution < -0.4 is 0 Å². The summed E-state index contributed by atoms with van der Waals surface area (Å²) in [6, 6.07) is 2.47. The lowest BCUT2D eigenvalue weighted by Crippen LogP contribution is -1.69. The maximum Gasteiger partial charge on any atom is 0.0942 e. The zero-order valence-corrected chi connectivity index (χ0v) is 5.09. The lowest BCUT2D eigenvalue weighted by molar-refractivity contribution is 0.937. The maximum absolute atomic E-state index is 3.79. The van der Waals surface area contributed by atoms with Gasteiger partial charge >= 0.3 is 0 Å². The second-order valence-corrected chi connectivity index (χ2v) is 1.29. The van der Waals surface area contributed by atoms with E-state index in [0.29, 0.717) is 0 Å². The van der Waals surface area contributed by atoms with Crippen LogP contribution in [-0.2, 0) is 0 Å². The lowest BCUT2D eigenvalue weighted by atomic mass is 10.5. The van der Waals surface area contributed by atoms with Crippen LogP contribution in [-0.4, -0.2) is 12.6 Å². The number of nitrogens with zero attached hydrogens (tertiary/aromatic N) is 2. The highest BCUT2D eigenvalue weighted by atomic mass is 14.8. The van der Waals surface area contributed by atoms with Gasteiger partial charge in [0.25, 0.3) is 0 Å². The average Bonchev–Trinajstić information content (AvgIpc) is 1.81. The Morgan fingerprint density at radius 2 is 2.50 bits per heavy atom. The first-order valence-electron chi connectivity index (χ1n) is 2.64. The van der Waals surface area contributed by atoms with Crippen LogP contribution in [0.5, 0.6) is 0 Å². The van der Waals surface area contributed by atoms with Crippen LogP contribution in [0, 0.1) is 0 Å². The van der Waals surface area contributed by atoms with Crippen LogP contribution in [0.3, 0.4) is 0 Å². The van der Waals surface area contributed by atoms with Gasteiger partial charge in [-0.3, -0.25) is 0 Å². The molecule has 0 aromatic heterocycles. The van der Waals surface area contributed by atoms with Crippen molar-refractivity contribution in [3.63, 3.8) is 0 Å². The summed E-state index contributed by atoms with van der Waals surface area (Å²) in [5.74, 6) is 0. The van der Waals surface area contributed by atoms with Gasteiger partial charge < -0.3 is 0 Å². The second-order valence-electron chi connectivity index (χ2n) is 1.29. The molecule has 0 spiro atoms. The molecule has 0 fully saturated rings. The van der Waals surface area contributed by atoms with E-state index >= 15 is 0 Å². The zero-order chi connectivity index (χ0) is 6.24. The highest BCUT2D eigenvalue weighted by Crippen LogP contribution is 1.72. The summed E-state index contributed by atoms with van der Waals surface area (Å²) in [7, 11) is 0. The molecule has 0 rings (SSSR count). The highest BCUT2D eigenvalue weighted by Gasteiger charge is 1.66. The molecule has 0 saturated carbocycles. The third-order valence-corrected chi connectivity index (χ3v) is 0.555. The third kappa shape index (κ3) is 5.12. The van der Waals surface area contributed by atoms with E-state index in [0.717, 1.165) is 13.0 Å². The molecule has 0 aliphatic rings. The van der Waals surface area contributed by atoms with Crippen LogP contribution in [0.25, 0.3) is 0 Å². The Kier molecular flexibility index (Phi) is 5.45. The SMILES string of the molecule is C=CN=C=NCCC. The van der Waals surface area contributed by atoms with E-state index in [2.05, 4.69) is 29.5 Å². The van der Waals surface area contributed by atoms with E-state index in [1.807, 2.05) is 0 Å². The summed E-state index contributed by atoms with van der Waals surface area (Å²) in [6.07, 6.45) is 2.46. The summed E-state index contributed by atoms with van der Waals surface area (Å²) in [5, 5.41) is 0. The van der Waals surface area contributed by atoms with Crippen molar-refractivity contribution in [3.8, 4) is 0 Å². The topological polar surface area (TPSA) is 24.7 Å². The van der Waals surface area contributed by atoms with E-state index < -0.39 is 0 Å². The molecule has 0 heterocycles. The van der Waals surface area contributed by atoms with Crippen molar-refractivity contribution in [1.29, 1.82) is 0 Å². The number of hydrogen-bond acceptors (Lipinski definition) is 2. The van der Waals surface area contributed by atoms with Crippen molar-refractivity contribution in [2.75, 3.05) is 6.54 Å².